The highest BCUT2D eigenvalue weighted by molar-refractivity contribution is 7.80. The van der Waals surface area contributed by atoms with Crippen molar-refractivity contribution in [2.75, 3.05) is 26.6 Å². The molecule has 2 aromatic carbocycles. The largest absolute Gasteiger partial charge is 0.493 e. The zero-order valence-electron chi connectivity index (χ0n) is 15.4. The highest BCUT2D eigenvalue weighted by Gasteiger charge is 2.10. The molecule has 150 valence electrons. The lowest BCUT2D eigenvalue weighted by atomic mass is 10.2. The van der Waals surface area contributed by atoms with Gasteiger partial charge in [0.05, 0.1) is 27.5 Å². The monoisotopic (exact) mass is 411 g/mol. The molecule has 0 amide bonds. The van der Waals surface area contributed by atoms with Crippen LogP contribution in [-0.4, -0.2) is 39.3 Å². The van der Waals surface area contributed by atoms with Crippen LogP contribution in [0, 0.1) is 0 Å². The van der Waals surface area contributed by atoms with Crippen LogP contribution in [0.4, 0.5) is 14.5 Å². The molecule has 0 saturated carbocycles. The Balaban J connectivity index is 1.98. The standard InChI is InChI=1S/C18H19F2N3O4S/c1-24-13-7-5-12(9-16(13)26-3)22-18(28)23-21-10-11-4-6-14(27-17(19)20)15(8-11)25-2/h4-10,17H,1-3H3,(H2,22,23,28)/b21-10-. The third-order valence-corrected chi connectivity index (χ3v) is 3.62. The molecule has 2 aromatic rings. The molecule has 0 unspecified atom stereocenters. The van der Waals surface area contributed by atoms with E-state index < -0.39 is 6.61 Å². The van der Waals surface area contributed by atoms with Crippen molar-refractivity contribution in [1.82, 2.24) is 5.43 Å². The minimum atomic E-state index is -2.94. The minimum absolute atomic E-state index is 0.0618. The molecule has 10 heteroatoms. The number of nitrogens with one attached hydrogen (secondary N) is 2. The topological polar surface area (TPSA) is 73.3 Å². The average molecular weight is 411 g/mol. The van der Waals surface area contributed by atoms with Gasteiger partial charge in [-0.3, -0.25) is 5.43 Å². The van der Waals surface area contributed by atoms with Crippen molar-refractivity contribution in [3.63, 3.8) is 0 Å². The molecule has 0 fully saturated rings. The van der Waals surface area contributed by atoms with E-state index in [9.17, 15) is 8.78 Å². The SMILES string of the molecule is COc1ccc(NC(=S)N/N=C\c2ccc(OC(F)F)c(OC)c2)cc1OC. The van der Waals surface area contributed by atoms with Gasteiger partial charge in [-0.25, -0.2) is 0 Å². The Labute approximate surface area is 166 Å². The fourth-order valence-corrected chi connectivity index (χ4v) is 2.37. The highest BCUT2D eigenvalue weighted by Crippen LogP contribution is 2.30. The molecule has 7 nitrogen and oxygen atoms in total. The highest BCUT2D eigenvalue weighted by atomic mass is 32.1. The summed E-state index contributed by atoms with van der Waals surface area (Å²) >= 11 is 5.17. The molecule has 0 spiro atoms. The maximum absolute atomic E-state index is 12.3. The van der Waals surface area contributed by atoms with E-state index in [1.807, 2.05) is 0 Å². The number of rotatable bonds is 8. The average Bonchev–Trinajstić information content (AvgIpc) is 2.68. The van der Waals surface area contributed by atoms with Gasteiger partial charge in [0.25, 0.3) is 0 Å². The van der Waals surface area contributed by atoms with Gasteiger partial charge >= 0.3 is 6.61 Å². The third kappa shape index (κ3) is 5.95. The fourth-order valence-electron chi connectivity index (χ4n) is 2.20. The molecule has 0 aliphatic heterocycles. The second kappa shape index (κ2) is 10.3. The van der Waals surface area contributed by atoms with Gasteiger partial charge in [0.2, 0.25) is 0 Å². The number of ether oxygens (including phenoxy) is 4. The maximum Gasteiger partial charge on any atom is 0.387 e. The van der Waals surface area contributed by atoms with Gasteiger partial charge in [-0.05, 0) is 48.1 Å². The van der Waals surface area contributed by atoms with E-state index in [0.717, 1.165) is 0 Å². The van der Waals surface area contributed by atoms with Crippen LogP contribution in [0.5, 0.6) is 23.0 Å². The first-order valence-corrected chi connectivity index (χ1v) is 8.32. The quantitative estimate of drug-likeness (QED) is 0.390. The normalized spacial score (nSPS) is 10.6. The van der Waals surface area contributed by atoms with Gasteiger partial charge in [0, 0.05) is 11.8 Å². The van der Waals surface area contributed by atoms with Crippen LogP contribution in [-0.2, 0) is 0 Å². The van der Waals surface area contributed by atoms with Crippen molar-refractivity contribution >= 4 is 29.2 Å². The Morgan fingerprint density at radius 2 is 1.61 bits per heavy atom. The zero-order valence-corrected chi connectivity index (χ0v) is 16.2. The number of alkyl halides is 2. The van der Waals surface area contributed by atoms with E-state index >= 15 is 0 Å². The Bertz CT molecular complexity index is 850. The molecular formula is C18H19F2N3O4S. The van der Waals surface area contributed by atoms with Gasteiger partial charge in [0.1, 0.15) is 0 Å². The number of hydrazone groups is 1. The fraction of sp³-hybridized carbons (Fsp3) is 0.222. The number of hydrogen-bond donors (Lipinski definition) is 2. The van der Waals surface area contributed by atoms with Gasteiger partial charge in [-0.2, -0.15) is 13.9 Å². The Morgan fingerprint density at radius 1 is 0.964 bits per heavy atom. The molecule has 2 N–H and O–H groups in total. The van der Waals surface area contributed by atoms with E-state index in [1.165, 1.54) is 32.6 Å². The van der Waals surface area contributed by atoms with Crippen LogP contribution in [0.25, 0.3) is 0 Å². The minimum Gasteiger partial charge on any atom is -0.493 e. The molecule has 0 aliphatic carbocycles. The number of nitrogens with zero attached hydrogens (tertiary/aromatic N) is 1. The van der Waals surface area contributed by atoms with Crippen molar-refractivity contribution in [3.8, 4) is 23.0 Å². The van der Waals surface area contributed by atoms with E-state index in [4.69, 9.17) is 26.4 Å². The number of methoxy groups -OCH3 is 3. The van der Waals surface area contributed by atoms with Crippen LogP contribution in [0.2, 0.25) is 0 Å². The van der Waals surface area contributed by atoms with Crippen molar-refractivity contribution in [2.45, 2.75) is 6.61 Å². The number of hydrogen-bond acceptors (Lipinski definition) is 6. The summed E-state index contributed by atoms with van der Waals surface area (Å²) in [5.41, 5.74) is 3.93. The van der Waals surface area contributed by atoms with E-state index in [2.05, 4.69) is 20.6 Å². The Hall–Kier alpha value is -3.14. The first kappa shape index (κ1) is 21.2. The lowest BCUT2D eigenvalue weighted by Gasteiger charge is -2.11. The summed E-state index contributed by atoms with van der Waals surface area (Å²) in [6.45, 7) is -2.94. The predicted octanol–water partition coefficient (Wildman–Crippen LogP) is 3.63. The van der Waals surface area contributed by atoms with Crippen molar-refractivity contribution < 1.29 is 27.7 Å². The van der Waals surface area contributed by atoms with E-state index in [-0.39, 0.29) is 16.6 Å². The van der Waals surface area contributed by atoms with Crippen molar-refractivity contribution in [3.05, 3.63) is 42.0 Å². The summed E-state index contributed by atoms with van der Waals surface area (Å²) in [5, 5.41) is 7.19. The summed E-state index contributed by atoms with van der Waals surface area (Å²) in [5.74, 6) is 1.25. The van der Waals surface area contributed by atoms with Crippen LogP contribution in [0.1, 0.15) is 5.56 Å². The molecule has 0 atom stereocenters. The molecule has 0 heterocycles. The summed E-state index contributed by atoms with van der Waals surface area (Å²) in [4.78, 5) is 0. The molecule has 2 rings (SSSR count). The lowest BCUT2D eigenvalue weighted by molar-refractivity contribution is -0.0512. The molecule has 0 bridgehead atoms. The molecule has 0 aromatic heterocycles. The smallest absolute Gasteiger partial charge is 0.387 e. The Morgan fingerprint density at radius 3 is 2.25 bits per heavy atom. The first-order valence-electron chi connectivity index (χ1n) is 7.91. The van der Waals surface area contributed by atoms with E-state index in [0.29, 0.717) is 22.7 Å². The second-order valence-electron chi connectivity index (χ2n) is 5.18. The second-order valence-corrected chi connectivity index (χ2v) is 5.59. The van der Waals surface area contributed by atoms with Crippen molar-refractivity contribution in [2.24, 2.45) is 5.10 Å². The number of thiocarbonyl (C=S) groups is 1. The summed E-state index contributed by atoms with van der Waals surface area (Å²) in [7, 11) is 4.44. The molecule has 28 heavy (non-hydrogen) atoms. The Kier molecular flexibility index (Phi) is 7.76. The summed E-state index contributed by atoms with van der Waals surface area (Å²) in [6.07, 6.45) is 1.46. The summed E-state index contributed by atoms with van der Waals surface area (Å²) in [6, 6.07) is 9.66. The number of anilines is 1. The summed E-state index contributed by atoms with van der Waals surface area (Å²) < 4.78 is 44.5. The van der Waals surface area contributed by atoms with E-state index in [1.54, 1.807) is 31.4 Å². The van der Waals surface area contributed by atoms with Crippen LogP contribution in [0.15, 0.2) is 41.5 Å². The number of benzene rings is 2. The molecule has 0 saturated heterocycles. The van der Waals surface area contributed by atoms with Crippen LogP contribution >= 0.6 is 12.2 Å². The van der Waals surface area contributed by atoms with Gasteiger partial charge in [0.15, 0.2) is 28.1 Å². The van der Waals surface area contributed by atoms with Crippen LogP contribution < -0.4 is 29.7 Å². The first-order chi connectivity index (χ1) is 13.5. The third-order valence-electron chi connectivity index (χ3n) is 3.42. The maximum atomic E-state index is 12.3. The number of halogens is 2. The van der Waals surface area contributed by atoms with Gasteiger partial charge in [-0.1, -0.05) is 0 Å². The zero-order chi connectivity index (χ0) is 20.5. The van der Waals surface area contributed by atoms with Gasteiger partial charge < -0.3 is 24.3 Å². The van der Waals surface area contributed by atoms with Crippen LogP contribution in [0.3, 0.4) is 0 Å². The lowest BCUT2D eigenvalue weighted by Crippen LogP contribution is -2.23. The molecule has 0 aliphatic rings. The van der Waals surface area contributed by atoms with Crippen molar-refractivity contribution in [1.29, 1.82) is 0 Å². The van der Waals surface area contributed by atoms with Gasteiger partial charge in [-0.15, -0.1) is 0 Å². The molecular weight excluding hydrogens is 392 g/mol. The predicted molar refractivity (Wildman–Crippen MR) is 106 cm³/mol. The molecule has 0 radical (unpaired) electrons.